The molecule has 0 amide bonds. The van der Waals surface area contributed by atoms with Gasteiger partial charge in [0.1, 0.15) is 0 Å². The maximum Gasteiger partial charge on any atom is 0.0754 e. The molecule has 0 aromatic heterocycles. The Kier molecular flexibility index (Phi) is 4.40. The molecular formula is C17H30O. The Hall–Kier alpha value is -0.460. The fourth-order valence-corrected chi connectivity index (χ4v) is 4.53. The summed E-state index contributed by atoms with van der Waals surface area (Å²) in [6.45, 7) is 4.71. The van der Waals surface area contributed by atoms with Crippen molar-refractivity contribution in [2.45, 2.75) is 78.1 Å². The lowest BCUT2D eigenvalue weighted by atomic mass is 9.43. The van der Waals surface area contributed by atoms with Gasteiger partial charge in [0.15, 0.2) is 0 Å². The highest BCUT2D eigenvalue weighted by atomic mass is 16.2. The maximum atomic E-state index is 9.14. The van der Waals surface area contributed by atoms with Crippen molar-refractivity contribution < 1.29 is 5.11 Å². The molecule has 0 aromatic rings. The van der Waals surface area contributed by atoms with Gasteiger partial charge in [0.25, 0.3) is 0 Å². The summed E-state index contributed by atoms with van der Waals surface area (Å²) in [5, 5.41) is 9.14. The molecule has 1 nitrogen and oxygen atoms in total. The van der Waals surface area contributed by atoms with E-state index < -0.39 is 0 Å². The Labute approximate surface area is 113 Å². The highest BCUT2D eigenvalue weighted by Crippen LogP contribution is 2.67. The van der Waals surface area contributed by atoms with Crippen LogP contribution in [0.1, 0.15) is 78.1 Å². The average Bonchev–Trinajstić information content (AvgIpc) is 2.26. The van der Waals surface area contributed by atoms with Crippen LogP contribution in [-0.4, -0.2) is 5.11 Å². The van der Waals surface area contributed by atoms with Crippen molar-refractivity contribution in [2.24, 2.45) is 16.7 Å². The van der Waals surface area contributed by atoms with Crippen molar-refractivity contribution in [1.29, 1.82) is 0 Å². The van der Waals surface area contributed by atoms with Gasteiger partial charge in [-0.3, -0.25) is 0 Å². The van der Waals surface area contributed by atoms with Gasteiger partial charge in [0.2, 0.25) is 0 Å². The van der Waals surface area contributed by atoms with Crippen LogP contribution >= 0.6 is 0 Å². The minimum Gasteiger partial charge on any atom is -0.516 e. The third-order valence-corrected chi connectivity index (χ3v) is 5.55. The van der Waals surface area contributed by atoms with E-state index in [0.29, 0.717) is 11.3 Å². The second kappa shape index (κ2) is 5.67. The standard InChI is InChI=1S/C17H30O/c1-3-4-5-6-8-15(9-12-18)16(2)13-17(14-16)10-7-11-17/h9,12,15,18H,3-8,10-11,13-14H2,1-2H3. The van der Waals surface area contributed by atoms with Gasteiger partial charge >= 0.3 is 0 Å². The van der Waals surface area contributed by atoms with E-state index in [4.69, 9.17) is 5.11 Å². The topological polar surface area (TPSA) is 20.2 Å². The van der Waals surface area contributed by atoms with Gasteiger partial charge in [-0.1, -0.05) is 46.0 Å². The summed E-state index contributed by atoms with van der Waals surface area (Å²) in [5.41, 5.74) is 1.21. The minimum absolute atomic E-state index is 0.478. The molecule has 0 saturated heterocycles. The lowest BCUT2D eigenvalue weighted by molar-refractivity contribution is -0.110. The monoisotopic (exact) mass is 250 g/mol. The number of unbranched alkanes of at least 4 members (excludes halogenated alkanes) is 3. The van der Waals surface area contributed by atoms with Gasteiger partial charge in [-0.05, 0) is 54.9 Å². The Morgan fingerprint density at radius 2 is 1.89 bits per heavy atom. The third-order valence-electron chi connectivity index (χ3n) is 5.55. The van der Waals surface area contributed by atoms with Crippen LogP contribution in [0, 0.1) is 16.7 Å². The Morgan fingerprint density at radius 1 is 1.17 bits per heavy atom. The fourth-order valence-electron chi connectivity index (χ4n) is 4.53. The molecule has 18 heavy (non-hydrogen) atoms. The minimum atomic E-state index is 0.478. The molecule has 2 aliphatic carbocycles. The fraction of sp³-hybridized carbons (Fsp3) is 0.882. The van der Waals surface area contributed by atoms with Crippen molar-refractivity contribution >= 4 is 0 Å². The average molecular weight is 250 g/mol. The Balaban J connectivity index is 1.81. The molecule has 0 heterocycles. The maximum absolute atomic E-state index is 9.14. The lowest BCUT2D eigenvalue weighted by Crippen LogP contribution is -2.52. The van der Waals surface area contributed by atoms with Crippen LogP contribution < -0.4 is 0 Å². The normalized spacial score (nSPS) is 25.9. The van der Waals surface area contributed by atoms with Crippen LogP contribution in [0.4, 0.5) is 0 Å². The van der Waals surface area contributed by atoms with Gasteiger partial charge < -0.3 is 5.11 Å². The lowest BCUT2D eigenvalue weighted by Gasteiger charge is -2.62. The first-order valence-corrected chi connectivity index (χ1v) is 7.95. The summed E-state index contributed by atoms with van der Waals surface area (Å²) in [4.78, 5) is 0. The van der Waals surface area contributed by atoms with Crippen molar-refractivity contribution in [3.8, 4) is 0 Å². The predicted octanol–water partition coefficient (Wildman–Crippen LogP) is 5.62. The largest absolute Gasteiger partial charge is 0.516 e. The van der Waals surface area contributed by atoms with E-state index in [2.05, 4.69) is 19.9 Å². The SMILES string of the molecule is CCCCCCC(C=CO)C1(C)CC2(CCC2)C1. The van der Waals surface area contributed by atoms with E-state index in [0.717, 1.165) is 5.41 Å². The highest BCUT2D eigenvalue weighted by molar-refractivity contribution is 5.10. The van der Waals surface area contributed by atoms with Crippen molar-refractivity contribution in [3.63, 3.8) is 0 Å². The summed E-state index contributed by atoms with van der Waals surface area (Å²) in [5.74, 6) is 0.602. The molecule has 0 radical (unpaired) electrons. The molecule has 2 fully saturated rings. The molecule has 2 rings (SSSR count). The van der Waals surface area contributed by atoms with E-state index in [1.807, 2.05) is 0 Å². The van der Waals surface area contributed by atoms with E-state index in [1.165, 1.54) is 70.5 Å². The van der Waals surface area contributed by atoms with E-state index >= 15 is 0 Å². The number of aliphatic hydroxyl groups is 1. The van der Waals surface area contributed by atoms with Crippen LogP contribution in [0.25, 0.3) is 0 Å². The summed E-state index contributed by atoms with van der Waals surface area (Å²) in [7, 11) is 0. The number of aliphatic hydroxyl groups excluding tert-OH is 1. The third kappa shape index (κ3) is 2.75. The number of allylic oxidation sites excluding steroid dienone is 1. The van der Waals surface area contributed by atoms with Crippen LogP contribution in [0.15, 0.2) is 12.3 Å². The molecule has 0 bridgehead atoms. The van der Waals surface area contributed by atoms with Gasteiger partial charge in [-0.15, -0.1) is 0 Å². The zero-order valence-electron chi connectivity index (χ0n) is 12.3. The molecule has 2 saturated carbocycles. The van der Waals surface area contributed by atoms with E-state index in [9.17, 15) is 0 Å². The first-order chi connectivity index (χ1) is 8.64. The summed E-state index contributed by atoms with van der Waals surface area (Å²) in [6.07, 6.45) is 17.2. The van der Waals surface area contributed by atoms with E-state index in [-0.39, 0.29) is 0 Å². The molecular weight excluding hydrogens is 220 g/mol. The van der Waals surface area contributed by atoms with Gasteiger partial charge in [-0.2, -0.15) is 0 Å². The Morgan fingerprint density at radius 3 is 2.39 bits per heavy atom. The number of rotatable bonds is 7. The number of hydrogen-bond acceptors (Lipinski definition) is 1. The van der Waals surface area contributed by atoms with Crippen molar-refractivity contribution in [1.82, 2.24) is 0 Å². The van der Waals surface area contributed by atoms with Gasteiger partial charge in [-0.25, -0.2) is 0 Å². The van der Waals surface area contributed by atoms with Crippen LogP contribution in [0.5, 0.6) is 0 Å². The van der Waals surface area contributed by atoms with Crippen LogP contribution in [0.2, 0.25) is 0 Å². The second-order valence-corrected chi connectivity index (χ2v) is 7.16. The molecule has 1 N–H and O–H groups in total. The molecule has 1 atom stereocenters. The molecule has 2 aliphatic rings. The van der Waals surface area contributed by atoms with Crippen LogP contribution in [0.3, 0.4) is 0 Å². The number of hydrogen-bond donors (Lipinski definition) is 1. The zero-order valence-corrected chi connectivity index (χ0v) is 12.3. The van der Waals surface area contributed by atoms with Gasteiger partial charge in [0.05, 0.1) is 6.26 Å². The van der Waals surface area contributed by atoms with E-state index in [1.54, 1.807) is 0 Å². The highest BCUT2D eigenvalue weighted by Gasteiger charge is 2.56. The van der Waals surface area contributed by atoms with Crippen LogP contribution in [-0.2, 0) is 0 Å². The van der Waals surface area contributed by atoms with Gasteiger partial charge in [0, 0.05) is 0 Å². The first kappa shape index (κ1) is 14.0. The second-order valence-electron chi connectivity index (χ2n) is 7.16. The smallest absolute Gasteiger partial charge is 0.0754 e. The first-order valence-electron chi connectivity index (χ1n) is 7.95. The summed E-state index contributed by atoms with van der Waals surface area (Å²) >= 11 is 0. The molecule has 0 aromatic carbocycles. The predicted molar refractivity (Wildman–Crippen MR) is 77.6 cm³/mol. The molecule has 1 heteroatoms. The molecule has 104 valence electrons. The summed E-state index contributed by atoms with van der Waals surface area (Å²) < 4.78 is 0. The molecule has 1 unspecified atom stereocenters. The quantitative estimate of drug-likeness (QED) is 0.459. The zero-order chi connectivity index (χ0) is 13.1. The summed E-state index contributed by atoms with van der Waals surface area (Å²) in [6, 6.07) is 0. The molecule has 1 spiro atoms. The van der Waals surface area contributed by atoms with Crippen molar-refractivity contribution in [3.05, 3.63) is 12.3 Å². The molecule has 0 aliphatic heterocycles. The van der Waals surface area contributed by atoms with Crippen molar-refractivity contribution in [2.75, 3.05) is 0 Å². The Bertz CT molecular complexity index is 280.